The lowest BCUT2D eigenvalue weighted by molar-refractivity contribution is 0.0725. The topological polar surface area (TPSA) is 89.0 Å². The van der Waals surface area contributed by atoms with Crippen LogP contribution >= 0.6 is 0 Å². The van der Waals surface area contributed by atoms with Crippen LogP contribution in [-0.2, 0) is 0 Å². The third-order valence-electron chi connectivity index (χ3n) is 4.87. The number of benzene rings is 3. The molecule has 0 amide bonds. The summed E-state index contributed by atoms with van der Waals surface area (Å²) in [6, 6.07) is 23.3. The molecule has 8 nitrogen and oxygen atoms in total. The van der Waals surface area contributed by atoms with Crippen LogP contribution in [0.15, 0.2) is 78.9 Å². The van der Waals surface area contributed by atoms with Crippen molar-refractivity contribution >= 4 is 5.97 Å². The highest BCUT2D eigenvalue weighted by molar-refractivity contribution is 5.92. The van der Waals surface area contributed by atoms with Gasteiger partial charge in [-0.1, -0.05) is 18.2 Å². The highest BCUT2D eigenvalue weighted by Crippen LogP contribution is 2.38. The van der Waals surface area contributed by atoms with Crippen molar-refractivity contribution in [1.82, 2.24) is 10.2 Å². The highest BCUT2D eigenvalue weighted by Gasteiger charge is 2.19. The zero-order chi connectivity index (χ0) is 23.9. The molecule has 0 aliphatic rings. The molecule has 172 valence electrons. The maximum atomic E-state index is 12.6. The van der Waals surface area contributed by atoms with Crippen molar-refractivity contribution in [3.8, 4) is 45.9 Å². The van der Waals surface area contributed by atoms with Crippen LogP contribution in [0.5, 0.6) is 34.6 Å². The van der Waals surface area contributed by atoms with Crippen molar-refractivity contribution in [2.45, 2.75) is 0 Å². The van der Waals surface area contributed by atoms with Crippen LogP contribution < -0.4 is 23.7 Å². The first-order valence-corrected chi connectivity index (χ1v) is 10.3. The summed E-state index contributed by atoms with van der Waals surface area (Å²) >= 11 is 0. The summed E-state index contributed by atoms with van der Waals surface area (Å²) in [5.74, 6) is 1.96. The summed E-state index contributed by atoms with van der Waals surface area (Å²) < 4.78 is 27.0. The maximum absolute atomic E-state index is 12.6. The van der Waals surface area contributed by atoms with Crippen LogP contribution in [0.4, 0.5) is 0 Å². The van der Waals surface area contributed by atoms with E-state index in [0.717, 1.165) is 11.3 Å². The number of methoxy groups -OCH3 is 3. The number of aromatic nitrogens is 2. The first-order chi connectivity index (χ1) is 16.6. The number of hydrogen-bond donors (Lipinski definition) is 0. The lowest BCUT2D eigenvalue weighted by atomic mass is 10.1. The Morgan fingerprint density at radius 2 is 1.35 bits per heavy atom. The van der Waals surface area contributed by atoms with E-state index in [2.05, 4.69) is 10.2 Å². The van der Waals surface area contributed by atoms with Gasteiger partial charge in [0.15, 0.2) is 11.5 Å². The SMILES string of the molecule is COc1cc(C(=O)Oc2ccc(-c3ccc(Oc4ccccc4)cc3)nn2)cc(OC)c1OC. The molecule has 4 aromatic rings. The molecule has 0 aliphatic heterocycles. The third kappa shape index (κ3) is 5.07. The number of nitrogens with zero attached hydrogens (tertiary/aromatic N) is 2. The Morgan fingerprint density at radius 3 is 1.91 bits per heavy atom. The van der Waals surface area contributed by atoms with E-state index in [1.54, 1.807) is 12.1 Å². The number of esters is 1. The van der Waals surface area contributed by atoms with Gasteiger partial charge >= 0.3 is 5.97 Å². The van der Waals surface area contributed by atoms with Crippen molar-refractivity contribution in [2.24, 2.45) is 0 Å². The summed E-state index contributed by atoms with van der Waals surface area (Å²) in [6.45, 7) is 0. The van der Waals surface area contributed by atoms with Crippen LogP contribution in [0.2, 0.25) is 0 Å². The fourth-order valence-electron chi connectivity index (χ4n) is 3.20. The van der Waals surface area contributed by atoms with Crippen molar-refractivity contribution in [3.05, 3.63) is 84.4 Å². The van der Waals surface area contributed by atoms with Gasteiger partial charge in [-0.2, -0.15) is 0 Å². The number of carbonyl (C=O) groups is 1. The van der Waals surface area contributed by atoms with Gasteiger partial charge in [-0.15, -0.1) is 10.2 Å². The van der Waals surface area contributed by atoms with Gasteiger partial charge in [0.25, 0.3) is 0 Å². The molecule has 0 saturated carbocycles. The maximum Gasteiger partial charge on any atom is 0.345 e. The van der Waals surface area contributed by atoms with E-state index >= 15 is 0 Å². The van der Waals surface area contributed by atoms with Gasteiger partial charge < -0.3 is 23.7 Å². The van der Waals surface area contributed by atoms with Gasteiger partial charge in [-0.05, 0) is 54.6 Å². The molecule has 3 aromatic carbocycles. The molecule has 1 heterocycles. The van der Waals surface area contributed by atoms with E-state index in [0.29, 0.717) is 28.7 Å². The Morgan fingerprint density at radius 1 is 0.706 bits per heavy atom. The number of hydrogen-bond acceptors (Lipinski definition) is 8. The van der Waals surface area contributed by atoms with Crippen LogP contribution in [0, 0.1) is 0 Å². The highest BCUT2D eigenvalue weighted by atomic mass is 16.5. The Kier molecular flexibility index (Phi) is 6.88. The van der Waals surface area contributed by atoms with Crippen molar-refractivity contribution in [1.29, 1.82) is 0 Å². The fourth-order valence-corrected chi connectivity index (χ4v) is 3.20. The van der Waals surface area contributed by atoms with Crippen molar-refractivity contribution < 1.29 is 28.5 Å². The Balaban J connectivity index is 1.45. The molecule has 0 atom stereocenters. The molecule has 0 saturated heterocycles. The quantitative estimate of drug-likeness (QED) is 0.334. The number of rotatable bonds is 8. The zero-order valence-corrected chi connectivity index (χ0v) is 18.8. The lowest BCUT2D eigenvalue weighted by Gasteiger charge is -2.13. The molecule has 0 fully saturated rings. The Labute approximate surface area is 196 Å². The standard InChI is InChI=1S/C26H22N2O6/c1-30-22-15-18(16-23(31-2)25(22)32-3)26(29)34-24-14-13-21(27-28-24)17-9-11-20(12-10-17)33-19-7-5-4-6-8-19/h4-16H,1-3H3. The van der Waals surface area contributed by atoms with Gasteiger partial charge in [0.05, 0.1) is 32.6 Å². The molecule has 34 heavy (non-hydrogen) atoms. The van der Waals surface area contributed by atoms with E-state index < -0.39 is 5.97 Å². The normalized spacial score (nSPS) is 10.3. The second-order valence-electron chi connectivity index (χ2n) is 7.00. The summed E-state index contributed by atoms with van der Waals surface area (Å²) in [4.78, 5) is 12.6. The van der Waals surface area contributed by atoms with Gasteiger partial charge in [0, 0.05) is 11.6 Å². The second kappa shape index (κ2) is 10.4. The second-order valence-corrected chi connectivity index (χ2v) is 7.00. The largest absolute Gasteiger partial charge is 0.493 e. The summed E-state index contributed by atoms with van der Waals surface area (Å²) in [5.41, 5.74) is 1.68. The summed E-state index contributed by atoms with van der Waals surface area (Å²) in [6.07, 6.45) is 0. The predicted octanol–water partition coefficient (Wildman–Crippen LogP) is 5.18. The Hall–Kier alpha value is -4.59. The molecule has 0 bridgehead atoms. The van der Waals surface area contributed by atoms with Crippen molar-refractivity contribution in [2.75, 3.05) is 21.3 Å². The number of para-hydroxylation sites is 1. The van der Waals surface area contributed by atoms with Crippen LogP contribution in [0.1, 0.15) is 10.4 Å². The van der Waals surface area contributed by atoms with Gasteiger partial charge in [0.2, 0.25) is 11.6 Å². The van der Waals surface area contributed by atoms with Crippen LogP contribution in [-0.4, -0.2) is 37.5 Å². The fraction of sp³-hybridized carbons (Fsp3) is 0.115. The summed E-state index contributed by atoms with van der Waals surface area (Å²) in [5, 5.41) is 8.18. The molecule has 4 rings (SSSR count). The predicted molar refractivity (Wildman–Crippen MR) is 125 cm³/mol. The molecule has 0 aliphatic carbocycles. The van der Waals surface area contributed by atoms with Gasteiger partial charge in [-0.3, -0.25) is 0 Å². The summed E-state index contributed by atoms with van der Waals surface area (Å²) in [7, 11) is 4.42. The molecule has 1 aromatic heterocycles. The molecule has 8 heteroatoms. The molecule has 0 spiro atoms. The Bertz CT molecular complexity index is 1230. The van der Waals surface area contributed by atoms with E-state index in [-0.39, 0.29) is 11.4 Å². The minimum atomic E-state index is -0.635. The number of ether oxygens (including phenoxy) is 5. The molecular weight excluding hydrogens is 436 g/mol. The molecule has 0 N–H and O–H groups in total. The molecular formula is C26H22N2O6. The smallest absolute Gasteiger partial charge is 0.345 e. The van der Waals surface area contributed by atoms with Gasteiger partial charge in [0.1, 0.15) is 11.5 Å². The minimum Gasteiger partial charge on any atom is -0.493 e. The first-order valence-electron chi connectivity index (χ1n) is 10.3. The van der Waals surface area contributed by atoms with Crippen LogP contribution in [0.25, 0.3) is 11.3 Å². The number of carbonyl (C=O) groups excluding carboxylic acids is 1. The van der Waals surface area contributed by atoms with E-state index in [4.69, 9.17) is 23.7 Å². The van der Waals surface area contributed by atoms with Gasteiger partial charge in [-0.25, -0.2) is 4.79 Å². The molecule has 0 unspecified atom stereocenters. The zero-order valence-electron chi connectivity index (χ0n) is 18.8. The van der Waals surface area contributed by atoms with E-state index in [9.17, 15) is 4.79 Å². The van der Waals surface area contributed by atoms with E-state index in [1.807, 2.05) is 54.6 Å². The lowest BCUT2D eigenvalue weighted by Crippen LogP contribution is -2.11. The first kappa shape index (κ1) is 22.6. The van der Waals surface area contributed by atoms with E-state index in [1.165, 1.54) is 33.5 Å². The molecule has 0 radical (unpaired) electrons. The van der Waals surface area contributed by atoms with Crippen LogP contribution in [0.3, 0.4) is 0 Å². The average molecular weight is 458 g/mol. The average Bonchev–Trinajstić information content (AvgIpc) is 2.89. The third-order valence-corrected chi connectivity index (χ3v) is 4.87. The minimum absolute atomic E-state index is 0.0616. The monoisotopic (exact) mass is 458 g/mol. The van der Waals surface area contributed by atoms with Crippen molar-refractivity contribution in [3.63, 3.8) is 0 Å².